The van der Waals surface area contributed by atoms with E-state index in [1.54, 1.807) is 0 Å². The molecule has 5 aliphatic carbocycles. The first kappa shape index (κ1) is 24.0. The fourth-order valence-corrected chi connectivity index (χ4v) is 8.26. The van der Waals surface area contributed by atoms with Gasteiger partial charge < -0.3 is 15.6 Å². The quantitative estimate of drug-likeness (QED) is 0.319. The third-order valence-electron chi connectivity index (χ3n) is 10.2. The first-order valence-corrected chi connectivity index (χ1v) is 14.9. The number of nitrogens with zero attached hydrogens (tertiary/aromatic N) is 1. The Morgan fingerprint density at radius 2 is 1.55 bits per heavy atom. The maximum absolute atomic E-state index is 12.7. The predicted molar refractivity (Wildman–Crippen MR) is 154 cm³/mol. The van der Waals surface area contributed by atoms with E-state index in [0.717, 1.165) is 83.6 Å². The Kier molecular flexibility index (Phi) is 6.25. The minimum atomic E-state index is 0.147. The summed E-state index contributed by atoms with van der Waals surface area (Å²) >= 11 is 0. The fraction of sp³-hybridized carbons (Fsp3) is 0.515. The van der Waals surface area contributed by atoms with Crippen molar-refractivity contribution >= 4 is 17.3 Å². The molecule has 5 aliphatic rings. The van der Waals surface area contributed by atoms with Crippen molar-refractivity contribution in [3.05, 3.63) is 54.7 Å². The lowest BCUT2D eigenvalue weighted by Gasteiger charge is -2.54. The molecule has 1 heterocycles. The molecule has 5 nitrogen and oxygen atoms in total. The summed E-state index contributed by atoms with van der Waals surface area (Å²) in [6.45, 7) is 2.28. The number of aromatic amines is 1. The molecule has 38 heavy (non-hydrogen) atoms. The summed E-state index contributed by atoms with van der Waals surface area (Å²) in [5.41, 5.74) is 5.25. The van der Waals surface area contributed by atoms with E-state index in [-0.39, 0.29) is 11.8 Å². The maximum atomic E-state index is 12.7. The highest BCUT2D eigenvalue weighted by Gasteiger charge is 2.48. The first-order valence-electron chi connectivity index (χ1n) is 14.9. The van der Waals surface area contributed by atoms with Crippen LogP contribution in [-0.4, -0.2) is 21.9 Å². The van der Waals surface area contributed by atoms with Gasteiger partial charge in [-0.2, -0.15) is 0 Å². The maximum Gasteiger partial charge on any atom is 0.227 e. The molecule has 2 aromatic carbocycles. The molecule has 0 saturated heterocycles. The van der Waals surface area contributed by atoms with Gasteiger partial charge in [-0.1, -0.05) is 31.2 Å². The molecule has 5 fully saturated rings. The second-order valence-electron chi connectivity index (χ2n) is 12.8. The largest absolute Gasteiger partial charge is 0.381 e. The van der Waals surface area contributed by atoms with Gasteiger partial charge in [-0.25, -0.2) is 4.98 Å². The first-order chi connectivity index (χ1) is 18.6. The Labute approximate surface area is 226 Å². The van der Waals surface area contributed by atoms with E-state index in [2.05, 4.69) is 58.9 Å². The zero-order valence-electron chi connectivity index (χ0n) is 22.5. The summed E-state index contributed by atoms with van der Waals surface area (Å²) in [7, 11) is 0. The van der Waals surface area contributed by atoms with Gasteiger partial charge in [0.25, 0.3) is 0 Å². The van der Waals surface area contributed by atoms with E-state index >= 15 is 0 Å². The van der Waals surface area contributed by atoms with Gasteiger partial charge in [0.05, 0.1) is 11.9 Å². The lowest BCUT2D eigenvalue weighted by Crippen LogP contribution is -2.51. The number of amides is 1. The monoisotopic (exact) mass is 508 g/mol. The Morgan fingerprint density at radius 1 is 0.868 bits per heavy atom. The summed E-state index contributed by atoms with van der Waals surface area (Å²) in [4.78, 5) is 21.1. The van der Waals surface area contributed by atoms with Crippen molar-refractivity contribution in [2.75, 3.05) is 10.6 Å². The standard InChI is InChI=1S/C33H40N4O/c1-20-6-8-24(9-7-20)33(38)35-27-12-10-23(11-13-27)30-19-34-32(37-30)28-4-2-3-5-29(28)36-31-25-15-21-14-22(17-25)18-26(31)16-21/h2-5,10-13,19-22,24-26,31,36H,6-9,14-18H2,1H3,(H,34,37)(H,35,38). The van der Waals surface area contributed by atoms with Crippen LogP contribution in [0.3, 0.4) is 0 Å². The number of carbonyl (C=O) groups excluding carboxylic acids is 1. The topological polar surface area (TPSA) is 69.8 Å². The molecule has 4 bridgehead atoms. The van der Waals surface area contributed by atoms with Crippen LogP contribution in [0.1, 0.15) is 64.7 Å². The summed E-state index contributed by atoms with van der Waals surface area (Å²) in [6.07, 6.45) is 13.4. The van der Waals surface area contributed by atoms with Crippen molar-refractivity contribution in [2.24, 2.45) is 35.5 Å². The zero-order chi connectivity index (χ0) is 25.6. The highest BCUT2D eigenvalue weighted by Crippen LogP contribution is 2.54. The molecular formula is C33H40N4O. The van der Waals surface area contributed by atoms with Gasteiger partial charge in [0, 0.05) is 28.9 Å². The Balaban J connectivity index is 1.04. The molecule has 1 amide bonds. The van der Waals surface area contributed by atoms with Crippen molar-refractivity contribution in [2.45, 2.75) is 70.8 Å². The average molecular weight is 509 g/mol. The van der Waals surface area contributed by atoms with E-state index in [1.165, 1.54) is 37.8 Å². The van der Waals surface area contributed by atoms with Gasteiger partial charge in [0.2, 0.25) is 5.91 Å². The summed E-state index contributed by atoms with van der Waals surface area (Å²) in [6, 6.07) is 17.3. The van der Waals surface area contributed by atoms with Gasteiger partial charge in [0.15, 0.2) is 0 Å². The number of anilines is 2. The molecule has 5 saturated carbocycles. The Morgan fingerprint density at radius 3 is 2.26 bits per heavy atom. The van der Waals surface area contributed by atoms with Gasteiger partial charge in [-0.15, -0.1) is 0 Å². The lowest BCUT2D eigenvalue weighted by atomic mass is 9.54. The van der Waals surface area contributed by atoms with E-state index < -0.39 is 0 Å². The van der Waals surface area contributed by atoms with Crippen LogP contribution in [0.25, 0.3) is 22.6 Å². The molecule has 1 aromatic heterocycles. The third-order valence-corrected chi connectivity index (χ3v) is 10.2. The van der Waals surface area contributed by atoms with Crippen molar-refractivity contribution < 1.29 is 4.79 Å². The van der Waals surface area contributed by atoms with Crippen molar-refractivity contribution in [1.82, 2.24) is 9.97 Å². The summed E-state index contributed by atoms with van der Waals surface area (Å²) in [5.74, 6) is 5.57. The number of benzene rings is 2. The SMILES string of the molecule is CC1CCC(C(=O)Nc2ccc(-c3cnc(-c4ccccc4NC4C5CC6CC(C5)CC4C6)[nH]3)cc2)CC1. The van der Waals surface area contributed by atoms with Gasteiger partial charge >= 0.3 is 0 Å². The van der Waals surface area contributed by atoms with E-state index in [9.17, 15) is 4.79 Å². The number of rotatable bonds is 6. The van der Waals surface area contributed by atoms with Gasteiger partial charge in [-0.3, -0.25) is 4.79 Å². The molecule has 0 unspecified atom stereocenters. The number of para-hydroxylation sites is 1. The smallest absolute Gasteiger partial charge is 0.227 e. The highest BCUT2D eigenvalue weighted by molar-refractivity contribution is 5.92. The van der Waals surface area contributed by atoms with Crippen molar-refractivity contribution in [3.63, 3.8) is 0 Å². The molecular weight excluding hydrogens is 468 g/mol. The number of nitrogens with one attached hydrogen (secondary N) is 3. The number of aromatic nitrogens is 2. The van der Waals surface area contributed by atoms with Crippen molar-refractivity contribution in [1.29, 1.82) is 0 Å². The fourth-order valence-electron chi connectivity index (χ4n) is 8.26. The van der Waals surface area contributed by atoms with Crippen LogP contribution >= 0.6 is 0 Å². The van der Waals surface area contributed by atoms with Crippen LogP contribution in [0.2, 0.25) is 0 Å². The molecule has 0 atom stereocenters. The second-order valence-corrected chi connectivity index (χ2v) is 12.8. The van der Waals surface area contributed by atoms with Crippen LogP contribution < -0.4 is 10.6 Å². The van der Waals surface area contributed by atoms with Gasteiger partial charge in [0.1, 0.15) is 5.82 Å². The van der Waals surface area contributed by atoms with Crippen LogP contribution in [0.5, 0.6) is 0 Å². The number of carbonyl (C=O) groups is 1. The lowest BCUT2D eigenvalue weighted by molar-refractivity contribution is -0.121. The van der Waals surface area contributed by atoms with Crippen LogP contribution in [0.15, 0.2) is 54.7 Å². The Hall–Kier alpha value is -3.08. The number of imidazole rings is 1. The minimum absolute atomic E-state index is 0.147. The normalized spacial score (nSPS) is 31.8. The molecule has 3 N–H and O–H groups in total. The third kappa shape index (κ3) is 4.65. The zero-order valence-corrected chi connectivity index (χ0v) is 22.5. The molecule has 8 rings (SSSR count). The van der Waals surface area contributed by atoms with Crippen LogP contribution in [0.4, 0.5) is 11.4 Å². The second kappa shape index (κ2) is 9.91. The molecule has 0 radical (unpaired) electrons. The molecule has 0 aliphatic heterocycles. The molecule has 5 heteroatoms. The average Bonchev–Trinajstić information content (AvgIpc) is 3.41. The predicted octanol–water partition coefficient (Wildman–Crippen LogP) is 7.75. The van der Waals surface area contributed by atoms with Crippen LogP contribution in [0, 0.1) is 35.5 Å². The summed E-state index contributed by atoms with van der Waals surface area (Å²) in [5, 5.41) is 7.13. The van der Waals surface area contributed by atoms with Gasteiger partial charge in [-0.05, 0) is 117 Å². The Bertz CT molecular complexity index is 1260. The summed E-state index contributed by atoms with van der Waals surface area (Å²) < 4.78 is 0. The molecule has 3 aromatic rings. The molecule has 0 spiro atoms. The van der Waals surface area contributed by atoms with E-state index in [1.807, 2.05) is 18.3 Å². The van der Waals surface area contributed by atoms with Crippen LogP contribution in [-0.2, 0) is 4.79 Å². The van der Waals surface area contributed by atoms with Crippen molar-refractivity contribution in [3.8, 4) is 22.6 Å². The highest BCUT2D eigenvalue weighted by atomic mass is 16.1. The van der Waals surface area contributed by atoms with E-state index in [0.29, 0.717) is 6.04 Å². The number of H-pyrrole nitrogens is 1. The minimum Gasteiger partial charge on any atom is -0.381 e. The van der Waals surface area contributed by atoms with E-state index in [4.69, 9.17) is 4.98 Å². The number of hydrogen-bond donors (Lipinski definition) is 3. The molecule has 198 valence electrons. The number of hydrogen-bond acceptors (Lipinski definition) is 3.